The first-order valence-electron chi connectivity index (χ1n) is 13.8. The second-order valence-electron chi connectivity index (χ2n) is 8.82. The summed E-state index contributed by atoms with van der Waals surface area (Å²) < 4.78 is 2.23. The summed E-state index contributed by atoms with van der Waals surface area (Å²) in [6.07, 6.45) is 11.3. The van der Waals surface area contributed by atoms with Crippen LogP contribution in [0.4, 0.5) is 5.82 Å². The van der Waals surface area contributed by atoms with Crippen LogP contribution in [0.2, 0.25) is 0 Å². The van der Waals surface area contributed by atoms with Crippen molar-refractivity contribution < 1.29 is 0 Å². The molecule has 0 saturated heterocycles. The highest BCUT2D eigenvalue weighted by Gasteiger charge is 2.19. The van der Waals surface area contributed by atoms with Crippen molar-refractivity contribution >= 4 is 23.8 Å². The normalized spacial score (nSPS) is 10.6. The van der Waals surface area contributed by atoms with Gasteiger partial charge in [0, 0.05) is 28.8 Å². The standard InChI is InChI=1S/C31H31N5.C3H6.C2H6/c1-5-7-15-29-24(4)23(3)28(6-2)36(29)27-19-17-25(18-20-27)22-35(30-16-11-12-21-33-30)31(34-32)26-13-9-8-10-14-26;1-3-2;1-2/h5-21H,1-2,22,32H2,3-4H3;3H,1H2,2H3;1-2H3/b15-7-,34-31-;;. The molecular weight excluding hydrogens is 502 g/mol. The zero-order valence-corrected chi connectivity index (χ0v) is 25.1. The Bertz CT molecular complexity index is 1440. The number of rotatable bonds is 8. The summed E-state index contributed by atoms with van der Waals surface area (Å²) in [6.45, 7) is 22.0. The van der Waals surface area contributed by atoms with E-state index in [9.17, 15) is 0 Å². The van der Waals surface area contributed by atoms with Gasteiger partial charge in [0.25, 0.3) is 0 Å². The van der Waals surface area contributed by atoms with Crippen LogP contribution in [0.3, 0.4) is 0 Å². The van der Waals surface area contributed by atoms with Gasteiger partial charge >= 0.3 is 0 Å². The van der Waals surface area contributed by atoms with E-state index < -0.39 is 0 Å². The molecular formula is C36H43N5. The number of anilines is 1. The molecule has 0 spiro atoms. The minimum absolute atomic E-state index is 0.559. The number of allylic oxidation sites excluding steroid dienone is 3. The molecule has 0 saturated carbocycles. The molecule has 212 valence electrons. The van der Waals surface area contributed by atoms with E-state index in [-0.39, 0.29) is 0 Å². The summed E-state index contributed by atoms with van der Waals surface area (Å²) in [6, 6.07) is 24.3. The highest BCUT2D eigenvalue weighted by Crippen LogP contribution is 2.29. The van der Waals surface area contributed by atoms with Crippen LogP contribution in [0, 0.1) is 13.8 Å². The maximum Gasteiger partial charge on any atom is 0.161 e. The first-order valence-corrected chi connectivity index (χ1v) is 13.8. The molecule has 4 aromatic rings. The number of nitrogens with zero attached hydrogens (tertiary/aromatic N) is 4. The highest BCUT2D eigenvalue weighted by molar-refractivity contribution is 6.09. The second-order valence-corrected chi connectivity index (χ2v) is 8.82. The summed E-state index contributed by atoms with van der Waals surface area (Å²) in [7, 11) is 0. The Kier molecular flexibility index (Phi) is 13.3. The van der Waals surface area contributed by atoms with E-state index in [0.717, 1.165) is 34.0 Å². The lowest BCUT2D eigenvalue weighted by Crippen LogP contribution is -2.33. The number of aromatic nitrogens is 2. The molecule has 5 heteroatoms. The number of hydrogen-bond acceptors (Lipinski definition) is 3. The largest absolute Gasteiger partial charge is 0.321 e. The van der Waals surface area contributed by atoms with Crippen LogP contribution in [-0.2, 0) is 6.54 Å². The zero-order chi connectivity index (χ0) is 30.2. The Morgan fingerprint density at radius 3 is 2.05 bits per heavy atom. The fourth-order valence-electron chi connectivity index (χ4n) is 4.33. The van der Waals surface area contributed by atoms with Crippen LogP contribution >= 0.6 is 0 Å². The first-order chi connectivity index (χ1) is 20.0. The molecule has 0 aliphatic carbocycles. The SMILES string of the molecule is C=C/C=C\c1c(C)c(C)c(C=C)n1-c1ccc(CN(/C(=N\N)c2ccccc2)c2ccccn2)cc1.C=CC.CC. The van der Waals surface area contributed by atoms with E-state index in [0.29, 0.717) is 12.4 Å². The van der Waals surface area contributed by atoms with Gasteiger partial charge in [0.15, 0.2) is 5.84 Å². The van der Waals surface area contributed by atoms with Gasteiger partial charge in [-0.1, -0.05) is 93.8 Å². The Morgan fingerprint density at radius 1 is 0.902 bits per heavy atom. The van der Waals surface area contributed by atoms with Crippen molar-refractivity contribution in [3.63, 3.8) is 0 Å². The summed E-state index contributed by atoms with van der Waals surface area (Å²) in [4.78, 5) is 6.60. The molecule has 2 N–H and O–H groups in total. The van der Waals surface area contributed by atoms with E-state index in [4.69, 9.17) is 5.84 Å². The third-order valence-electron chi connectivity index (χ3n) is 6.27. The lowest BCUT2D eigenvalue weighted by Gasteiger charge is -2.25. The molecule has 0 aliphatic heterocycles. The molecule has 2 aromatic carbocycles. The predicted molar refractivity (Wildman–Crippen MR) is 179 cm³/mol. The fraction of sp³-hybridized carbons (Fsp3) is 0.167. The van der Waals surface area contributed by atoms with Crippen LogP contribution in [0.25, 0.3) is 17.8 Å². The minimum atomic E-state index is 0.559. The van der Waals surface area contributed by atoms with E-state index in [1.807, 2.05) is 86.4 Å². The summed E-state index contributed by atoms with van der Waals surface area (Å²) in [5.41, 5.74) is 7.73. The molecule has 0 atom stereocenters. The second kappa shape index (κ2) is 16.9. The fourth-order valence-corrected chi connectivity index (χ4v) is 4.33. The highest BCUT2D eigenvalue weighted by atomic mass is 15.3. The molecule has 2 heterocycles. The van der Waals surface area contributed by atoms with Crippen LogP contribution in [0.5, 0.6) is 0 Å². The Labute approximate surface area is 246 Å². The van der Waals surface area contributed by atoms with Gasteiger partial charge in [-0.25, -0.2) is 4.98 Å². The molecule has 5 nitrogen and oxygen atoms in total. The van der Waals surface area contributed by atoms with Crippen molar-refractivity contribution in [2.24, 2.45) is 10.9 Å². The number of pyridine rings is 1. The molecule has 0 aliphatic rings. The molecule has 0 amide bonds. The lowest BCUT2D eigenvalue weighted by atomic mass is 10.1. The quantitative estimate of drug-likeness (QED) is 0.0601. The van der Waals surface area contributed by atoms with Crippen LogP contribution in [0.1, 0.15) is 54.4 Å². The lowest BCUT2D eigenvalue weighted by molar-refractivity contribution is 0.959. The summed E-state index contributed by atoms with van der Waals surface area (Å²) in [5.74, 6) is 7.32. The van der Waals surface area contributed by atoms with Gasteiger partial charge in [-0.2, -0.15) is 5.10 Å². The van der Waals surface area contributed by atoms with E-state index in [2.05, 4.69) is 78.6 Å². The molecule has 41 heavy (non-hydrogen) atoms. The number of amidine groups is 1. The number of benzene rings is 2. The van der Waals surface area contributed by atoms with Gasteiger partial charge in [-0.15, -0.1) is 6.58 Å². The van der Waals surface area contributed by atoms with Gasteiger partial charge in [0.05, 0.1) is 6.54 Å². The van der Waals surface area contributed by atoms with Gasteiger partial charge in [-0.05, 0) is 73.9 Å². The maximum atomic E-state index is 5.89. The molecule has 0 radical (unpaired) electrons. The number of hydrogen-bond donors (Lipinski definition) is 1. The first kappa shape index (κ1) is 32.3. The Hall–Kier alpha value is -4.90. The third kappa shape index (κ3) is 8.05. The molecule has 4 rings (SSSR count). The van der Waals surface area contributed by atoms with Crippen LogP contribution in [-0.4, -0.2) is 15.4 Å². The summed E-state index contributed by atoms with van der Waals surface area (Å²) in [5, 5.41) is 4.14. The number of nitrogens with two attached hydrogens (primary N) is 1. The van der Waals surface area contributed by atoms with E-state index in [1.54, 1.807) is 18.3 Å². The zero-order valence-electron chi connectivity index (χ0n) is 25.1. The smallest absolute Gasteiger partial charge is 0.161 e. The average Bonchev–Trinajstić information content (AvgIpc) is 3.27. The topological polar surface area (TPSA) is 59.4 Å². The Balaban J connectivity index is 0.00000110. The van der Waals surface area contributed by atoms with Crippen LogP contribution in [0.15, 0.2) is 122 Å². The predicted octanol–water partition coefficient (Wildman–Crippen LogP) is 8.88. The van der Waals surface area contributed by atoms with E-state index >= 15 is 0 Å². The Morgan fingerprint density at radius 2 is 1.51 bits per heavy atom. The number of hydrazone groups is 1. The van der Waals surface area contributed by atoms with Gasteiger partial charge in [0.1, 0.15) is 5.82 Å². The molecule has 0 fully saturated rings. The van der Waals surface area contributed by atoms with Gasteiger partial charge in [-0.3, -0.25) is 0 Å². The molecule has 0 unspecified atom stereocenters. The van der Waals surface area contributed by atoms with Crippen molar-refractivity contribution in [1.82, 2.24) is 9.55 Å². The summed E-state index contributed by atoms with van der Waals surface area (Å²) >= 11 is 0. The average molecular weight is 546 g/mol. The van der Waals surface area contributed by atoms with Crippen LogP contribution < -0.4 is 10.7 Å². The monoisotopic (exact) mass is 545 g/mol. The molecule has 0 bridgehead atoms. The third-order valence-corrected chi connectivity index (χ3v) is 6.27. The van der Waals surface area contributed by atoms with Crippen molar-refractivity contribution in [1.29, 1.82) is 0 Å². The van der Waals surface area contributed by atoms with Crippen molar-refractivity contribution in [3.8, 4) is 5.69 Å². The van der Waals surface area contributed by atoms with Crippen molar-refractivity contribution in [3.05, 3.63) is 151 Å². The van der Waals surface area contributed by atoms with Gasteiger partial charge in [0.2, 0.25) is 0 Å². The maximum absolute atomic E-state index is 5.89. The van der Waals surface area contributed by atoms with Gasteiger partial charge < -0.3 is 15.3 Å². The van der Waals surface area contributed by atoms with E-state index in [1.165, 1.54) is 11.1 Å². The minimum Gasteiger partial charge on any atom is -0.321 e. The molecule has 2 aromatic heterocycles. The van der Waals surface area contributed by atoms with Crippen molar-refractivity contribution in [2.45, 2.75) is 41.2 Å². The van der Waals surface area contributed by atoms with Crippen molar-refractivity contribution in [2.75, 3.05) is 4.90 Å².